The van der Waals surface area contributed by atoms with E-state index >= 15 is 0 Å². The summed E-state index contributed by atoms with van der Waals surface area (Å²) in [6.07, 6.45) is -2.49. The lowest BCUT2D eigenvalue weighted by molar-refractivity contribution is -0.137. The van der Waals surface area contributed by atoms with Crippen molar-refractivity contribution in [2.45, 2.75) is 39.0 Å². The van der Waals surface area contributed by atoms with E-state index in [-0.39, 0.29) is 0 Å². The van der Waals surface area contributed by atoms with Crippen LogP contribution in [0.15, 0.2) is 12.3 Å². The quantitative estimate of drug-likeness (QED) is 0.656. The second-order valence-electron chi connectivity index (χ2n) is 4.40. The zero-order valence-electron chi connectivity index (χ0n) is 11.6. The van der Waals surface area contributed by atoms with Crippen molar-refractivity contribution in [2.75, 3.05) is 0 Å². The number of nitrogens with zero attached hydrogens (tertiary/aromatic N) is 3. The fourth-order valence-corrected chi connectivity index (χ4v) is 2.87. The van der Waals surface area contributed by atoms with Gasteiger partial charge in [0.05, 0.1) is 17.4 Å². The van der Waals surface area contributed by atoms with Crippen molar-refractivity contribution in [3.05, 3.63) is 33.5 Å². The third-order valence-electron chi connectivity index (χ3n) is 3.04. The SMILES string of the molecule is CCc1cc(C(NN)c2cnc(C(F)(F)F)s2)n(CC)n1. The van der Waals surface area contributed by atoms with Crippen LogP contribution >= 0.6 is 11.3 Å². The number of hydrazine groups is 1. The molecular formula is C12H16F3N5S. The van der Waals surface area contributed by atoms with Gasteiger partial charge in [-0.1, -0.05) is 6.92 Å². The number of aryl methyl sites for hydroxylation is 2. The van der Waals surface area contributed by atoms with Gasteiger partial charge in [-0.3, -0.25) is 10.5 Å². The number of nitrogens with one attached hydrogen (secondary N) is 1. The standard InChI is InChI=1S/C12H16F3N5S/c1-3-7-5-8(20(4-2)19-7)10(18-16)9-6-17-11(21-9)12(13,14)15/h5-6,10,18H,3-4,16H2,1-2H3. The number of aromatic nitrogens is 3. The van der Waals surface area contributed by atoms with Crippen molar-refractivity contribution in [2.24, 2.45) is 5.84 Å². The summed E-state index contributed by atoms with van der Waals surface area (Å²) in [4.78, 5) is 3.84. The molecule has 0 aliphatic carbocycles. The van der Waals surface area contributed by atoms with Gasteiger partial charge >= 0.3 is 6.18 Å². The highest BCUT2D eigenvalue weighted by Crippen LogP contribution is 2.35. The number of rotatable bonds is 5. The largest absolute Gasteiger partial charge is 0.443 e. The van der Waals surface area contributed by atoms with Crippen LogP contribution in [0.3, 0.4) is 0 Å². The molecule has 2 heterocycles. The number of thiazole rings is 1. The minimum Gasteiger partial charge on any atom is -0.270 e. The Hall–Kier alpha value is -1.45. The number of hydrogen-bond donors (Lipinski definition) is 2. The fraction of sp³-hybridized carbons (Fsp3) is 0.500. The van der Waals surface area contributed by atoms with E-state index in [1.807, 2.05) is 19.9 Å². The molecule has 0 saturated heterocycles. The first-order valence-electron chi connectivity index (χ1n) is 6.46. The zero-order chi connectivity index (χ0) is 15.6. The Labute approximate surface area is 124 Å². The molecule has 1 atom stereocenters. The van der Waals surface area contributed by atoms with Crippen LogP contribution < -0.4 is 11.3 Å². The van der Waals surface area contributed by atoms with E-state index in [9.17, 15) is 13.2 Å². The van der Waals surface area contributed by atoms with Gasteiger partial charge in [0.25, 0.3) is 0 Å². The second-order valence-corrected chi connectivity index (χ2v) is 5.46. The van der Waals surface area contributed by atoms with Crippen molar-refractivity contribution in [3.63, 3.8) is 0 Å². The molecule has 0 aliphatic rings. The predicted octanol–water partition coefficient (Wildman–Crippen LogP) is 2.49. The summed E-state index contributed by atoms with van der Waals surface area (Å²) in [5.41, 5.74) is 4.15. The van der Waals surface area contributed by atoms with Crippen molar-refractivity contribution in [1.82, 2.24) is 20.2 Å². The Kier molecular flexibility index (Phi) is 4.64. The molecule has 0 aromatic carbocycles. The first-order chi connectivity index (χ1) is 9.90. The van der Waals surface area contributed by atoms with Crippen LogP contribution in [0, 0.1) is 0 Å². The smallest absolute Gasteiger partial charge is 0.270 e. The molecule has 5 nitrogen and oxygen atoms in total. The van der Waals surface area contributed by atoms with Gasteiger partial charge in [-0.15, -0.1) is 11.3 Å². The number of nitrogens with two attached hydrogens (primary N) is 1. The Balaban J connectivity index is 2.40. The predicted molar refractivity (Wildman–Crippen MR) is 73.6 cm³/mol. The van der Waals surface area contributed by atoms with Gasteiger partial charge in [-0.25, -0.2) is 10.4 Å². The maximum Gasteiger partial charge on any atom is 0.443 e. The van der Waals surface area contributed by atoms with E-state index < -0.39 is 17.2 Å². The van der Waals surface area contributed by atoms with Crippen LogP contribution in [0.1, 0.15) is 41.2 Å². The average molecular weight is 319 g/mol. The van der Waals surface area contributed by atoms with Crippen molar-refractivity contribution in [3.8, 4) is 0 Å². The molecule has 0 spiro atoms. The molecule has 2 aromatic rings. The molecule has 0 saturated carbocycles. The van der Waals surface area contributed by atoms with Crippen LogP contribution in [0.4, 0.5) is 13.2 Å². The Morgan fingerprint density at radius 2 is 2.14 bits per heavy atom. The lowest BCUT2D eigenvalue weighted by Crippen LogP contribution is -2.30. The Morgan fingerprint density at radius 1 is 1.43 bits per heavy atom. The first kappa shape index (κ1) is 15.9. The van der Waals surface area contributed by atoms with Gasteiger partial charge in [0.2, 0.25) is 0 Å². The molecule has 2 rings (SSSR count). The van der Waals surface area contributed by atoms with Crippen molar-refractivity contribution < 1.29 is 13.2 Å². The van der Waals surface area contributed by atoms with Crippen LogP contribution in [0.2, 0.25) is 0 Å². The minimum atomic E-state index is -4.44. The van der Waals surface area contributed by atoms with Crippen LogP contribution in [0.25, 0.3) is 0 Å². The van der Waals surface area contributed by atoms with E-state index in [0.29, 0.717) is 22.8 Å². The normalized spacial score (nSPS) is 13.6. The molecule has 21 heavy (non-hydrogen) atoms. The summed E-state index contributed by atoms with van der Waals surface area (Å²) in [5, 5.41) is 3.50. The second kappa shape index (κ2) is 6.12. The summed E-state index contributed by atoms with van der Waals surface area (Å²) in [6.45, 7) is 4.49. The highest BCUT2D eigenvalue weighted by Gasteiger charge is 2.35. The molecular weight excluding hydrogens is 303 g/mol. The van der Waals surface area contributed by atoms with Crippen LogP contribution in [-0.4, -0.2) is 14.8 Å². The van der Waals surface area contributed by atoms with E-state index in [0.717, 1.165) is 17.8 Å². The van der Waals surface area contributed by atoms with Gasteiger partial charge in [-0.2, -0.15) is 18.3 Å². The molecule has 0 aliphatic heterocycles. The summed E-state index contributed by atoms with van der Waals surface area (Å²) in [5.74, 6) is 5.54. The average Bonchev–Trinajstić information content (AvgIpc) is 3.06. The summed E-state index contributed by atoms with van der Waals surface area (Å²) >= 11 is 0.584. The zero-order valence-corrected chi connectivity index (χ0v) is 12.4. The van der Waals surface area contributed by atoms with Crippen molar-refractivity contribution in [1.29, 1.82) is 0 Å². The molecule has 3 N–H and O–H groups in total. The van der Waals surface area contributed by atoms with E-state index in [1.165, 1.54) is 6.20 Å². The highest BCUT2D eigenvalue weighted by molar-refractivity contribution is 7.11. The van der Waals surface area contributed by atoms with E-state index in [1.54, 1.807) is 4.68 Å². The molecule has 0 fully saturated rings. The monoisotopic (exact) mass is 319 g/mol. The van der Waals surface area contributed by atoms with E-state index in [4.69, 9.17) is 5.84 Å². The maximum absolute atomic E-state index is 12.7. The maximum atomic E-state index is 12.7. The number of halogens is 3. The first-order valence-corrected chi connectivity index (χ1v) is 7.28. The number of alkyl halides is 3. The summed E-state index contributed by atoms with van der Waals surface area (Å²) in [7, 11) is 0. The topological polar surface area (TPSA) is 68.8 Å². The highest BCUT2D eigenvalue weighted by atomic mass is 32.1. The van der Waals surface area contributed by atoms with Gasteiger partial charge < -0.3 is 0 Å². The lowest BCUT2D eigenvalue weighted by Gasteiger charge is -2.15. The molecule has 0 amide bonds. The third kappa shape index (κ3) is 3.25. The molecule has 2 aromatic heterocycles. The molecule has 1 unspecified atom stereocenters. The van der Waals surface area contributed by atoms with Crippen LogP contribution in [-0.2, 0) is 19.1 Å². The molecule has 0 radical (unpaired) electrons. The Bertz CT molecular complexity index is 604. The number of hydrogen-bond acceptors (Lipinski definition) is 5. The van der Waals surface area contributed by atoms with Crippen molar-refractivity contribution >= 4 is 11.3 Å². The fourth-order valence-electron chi connectivity index (χ4n) is 2.01. The van der Waals surface area contributed by atoms with Gasteiger partial charge in [0, 0.05) is 17.6 Å². The summed E-state index contributed by atoms with van der Waals surface area (Å²) in [6, 6.07) is 1.28. The third-order valence-corrected chi connectivity index (χ3v) is 4.14. The minimum absolute atomic E-state index is 0.405. The molecule has 9 heteroatoms. The van der Waals surface area contributed by atoms with Gasteiger partial charge in [-0.05, 0) is 19.4 Å². The Morgan fingerprint density at radius 3 is 2.62 bits per heavy atom. The van der Waals surface area contributed by atoms with Crippen LogP contribution in [0.5, 0.6) is 0 Å². The molecule has 116 valence electrons. The van der Waals surface area contributed by atoms with E-state index in [2.05, 4.69) is 15.5 Å². The van der Waals surface area contributed by atoms with Gasteiger partial charge in [0.1, 0.15) is 0 Å². The lowest BCUT2D eigenvalue weighted by atomic mass is 10.1. The molecule has 0 bridgehead atoms. The summed E-state index contributed by atoms with van der Waals surface area (Å²) < 4.78 is 39.7. The van der Waals surface area contributed by atoms with Gasteiger partial charge in [0.15, 0.2) is 5.01 Å².